The Morgan fingerprint density at radius 1 is 1.24 bits per heavy atom. The monoisotopic (exact) mass is 410 g/mol. The van der Waals surface area contributed by atoms with Crippen molar-refractivity contribution >= 4 is 22.4 Å². The van der Waals surface area contributed by atoms with Crippen LogP contribution in [0.4, 0.5) is 5.13 Å². The molecule has 1 unspecified atom stereocenters. The highest BCUT2D eigenvalue weighted by Gasteiger charge is 2.12. The second-order valence-corrected chi connectivity index (χ2v) is 7.90. The number of rotatable bonds is 7. The highest BCUT2D eigenvalue weighted by Crippen LogP contribution is 2.35. The molecule has 1 atom stereocenters. The molecule has 0 bridgehead atoms. The SMILES string of the molecule is Cc1ccc(Oc2ccccc2-c2csc(NC(N)=NCC(C)CO)n2)c(C)c1. The number of hydrogen-bond acceptors (Lipinski definition) is 5. The van der Waals surface area contributed by atoms with Crippen LogP contribution < -0.4 is 15.8 Å². The average molecular weight is 411 g/mol. The van der Waals surface area contributed by atoms with Gasteiger partial charge in [-0.05, 0) is 43.5 Å². The lowest BCUT2D eigenvalue weighted by molar-refractivity contribution is 0.242. The van der Waals surface area contributed by atoms with Crippen molar-refractivity contribution in [2.24, 2.45) is 16.6 Å². The number of aliphatic imine (C=N–C) groups is 1. The van der Waals surface area contributed by atoms with Gasteiger partial charge in [-0.2, -0.15) is 0 Å². The summed E-state index contributed by atoms with van der Waals surface area (Å²) in [6, 6.07) is 14.0. The first-order chi connectivity index (χ1) is 14.0. The van der Waals surface area contributed by atoms with Crippen LogP contribution in [-0.4, -0.2) is 29.2 Å². The molecule has 0 saturated carbocycles. The van der Waals surface area contributed by atoms with E-state index in [1.807, 2.05) is 55.6 Å². The maximum Gasteiger partial charge on any atom is 0.194 e. The molecular weight excluding hydrogens is 384 g/mol. The smallest absolute Gasteiger partial charge is 0.194 e. The highest BCUT2D eigenvalue weighted by atomic mass is 32.1. The number of aliphatic hydroxyl groups is 1. The second kappa shape index (κ2) is 9.54. The van der Waals surface area contributed by atoms with Crippen molar-refractivity contribution in [1.82, 2.24) is 4.98 Å². The minimum Gasteiger partial charge on any atom is -0.456 e. The van der Waals surface area contributed by atoms with Gasteiger partial charge in [0.25, 0.3) is 0 Å². The Hall–Kier alpha value is -2.90. The van der Waals surface area contributed by atoms with Crippen LogP contribution in [-0.2, 0) is 0 Å². The van der Waals surface area contributed by atoms with E-state index in [0.29, 0.717) is 11.7 Å². The number of para-hydroxylation sites is 1. The number of nitrogens with zero attached hydrogens (tertiary/aromatic N) is 2. The Kier molecular flexibility index (Phi) is 6.85. The Morgan fingerprint density at radius 3 is 2.79 bits per heavy atom. The lowest BCUT2D eigenvalue weighted by Gasteiger charge is -2.12. The first-order valence-electron chi connectivity index (χ1n) is 9.44. The number of aryl methyl sites for hydroxylation is 2. The normalized spacial score (nSPS) is 12.6. The summed E-state index contributed by atoms with van der Waals surface area (Å²) in [5.41, 5.74) is 9.91. The van der Waals surface area contributed by atoms with Gasteiger partial charge in [0.05, 0.1) is 5.69 Å². The van der Waals surface area contributed by atoms with Gasteiger partial charge in [0, 0.05) is 24.1 Å². The van der Waals surface area contributed by atoms with Gasteiger partial charge in [-0.1, -0.05) is 36.8 Å². The fourth-order valence-electron chi connectivity index (χ4n) is 2.72. The van der Waals surface area contributed by atoms with Crippen molar-refractivity contribution in [3.8, 4) is 22.8 Å². The third-order valence-electron chi connectivity index (χ3n) is 4.34. The van der Waals surface area contributed by atoms with E-state index in [2.05, 4.69) is 28.3 Å². The Morgan fingerprint density at radius 2 is 2.03 bits per heavy atom. The summed E-state index contributed by atoms with van der Waals surface area (Å²) in [7, 11) is 0. The van der Waals surface area contributed by atoms with Gasteiger partial charge in [0.2, 0.25) is 0 Å². The Bertz CT molecular complexity index is 1000. The Labute approximate surface area is 175 Å². The van der Waals surface area contributed by atoms with Crippen LogP contribution in [0, 0.1) is 19.8 Å². The van der Waals surface area contributed by atoms with Crippen LogP contribution in [0.5, 0.6) is 11.5 Å². The molecule has 0 saturated heterocycles. The number of nitrogens with two attached hydrogens (primary N) is 1. The summed E-state index contributed by atoms with van der Waals surface area (Å²) in [5, 5.41) is 14.7. The number of guanidine groups is 1. The van der Waals surface area contributed by atoms with Crippen LogP contribution in [0.15, 0.2) is 52.8 Å². The number of nitrogens with one attached hydrogen (secondary N) is 1. The molecule has 0 aliphatic heterocycles. The molecule has 0 amide bonds. The number of hydrogen-bond donors (Lipinski definition) is 3. The highest BCUT2D eigenvalue weighted by molar-refractivity contribution is 7.14. The van der Waals surface area contributed by atoms with Crippen molar-refractivity contribution in [3.05, 3.63) is 59.0 Å². The maximum atomic E-state index is 9.08. The van der Waals surface area contributed by atoms with Crippen molar-refractivity contribution < 1.29 is 9.84 Å². The largest absolute Gasteiger partial charge is 0.456 e. The molecule has 3 rings (SSSR count). The van der Waals surface area contributed by atoms with E-state index in [1.54, 1.807) is 0 Å². The van der Waals surface area contributed by atoms with Crippen molar-refractivity contribution in [2.75, 3.05) is 18.5 Å². The summed E-state index contributed by atoms with van der Waals surface area (Å²) >= 11 is 1.44. The molecule has 1 aromatic heterocycles. The van der Waals surface area contributed by atoms with E-state index in [-0.39, 0.29) is 18.5 Å². The van der Waals surface area contributed by atoms with Gasteiger partial charge < -0.3 is 20.9 Å². The first-order valence-corrected chi connectivity index (χ1v) is 10.3. The Balaban J connectivity index is 1.78. The van der Waals surface area contributed by atoms with Gasteiger partial charge >= 0.3 is 0 Å². The van der Waals surface area contributed by atoms with Gasteiger partial charge in [-0.3, -0.25) is 4.99 Å². The summed E-state index contributed by atoms with van der Waals surface area (Å²) < 4.78 is 6.19. The van der Waals surface area contributed by atoms with E-state index in [0.717, 1.165) is 28.3 Å². The zero-order valence-electron chi connectivity index (χ0n) is 16.8. The minimum absolute atomic E-state index is 0.0662. The molecule has 6 nitrogen and oxygen atoms in total. The molecule has 1 heterocycles. The molecule has 7 heteroatoms. The molecule has 0 spiro atoms. The van der Waals surface area contributed by atoms with Crippen molar-refractivity contribution in [2.45, 2.75) is 20.8 Å². The van der Waals surface area contributed by atoms with Crippen LogP contribution in [0.2, 0.25) is 0 Å². The van der Waals surface area contributed by atoms with E-state index in [4.69, 9.17) is 15.6 Å². The molecule has 0 radical (unpaired) electrons. The van der Waals surface area contributed by atoms with E-state index >= 15 is 0 Å². The number of aromatic nitrogens is 1. The maximum absolute atomic E-state index is 9.08. The first kappa shape index (κ1) is 20.8. The average Bonchev–Trinajstić information content (AvgIpc) is 3.16. The number of ether oxygens (including phenoxy) is 1. The molecule has 4 N–H and O–H groups in total. The number of aliphatic hydroxyl groups excluding tert-OH is 1. The number of benzene rings is 2. The quantitative estimate of drug-likeness (QED) is 0.392. The van der Waals surface area contributed by atoms with Gasteiger partial charge in [-0.25, -0.2) is 4.98 Å². The van der Waals surface area contributed by atoms with Crippen molar-refractivity contribution in [1.29, 1.82) is 0 Å². The molecule has 0 aliphatic carbocycles. The topological polar surface area (TPSA) is 92.8 Å². The van der Waals surface area contributed by atoms with Gasteiger partial charge in [0.1, 0.15) is 11.5 Å². The molecule has 29 heavy (non-hydrogen) atoms. The molecule has 0 fully saturated rings. The van der Waals surface area contributed by atoms with Crippen LogP contribution in [0.1, 0.15) is 18.1 Å². The third-order valence-corrected chi connectivity index (χ3v) is 5.10. The fourth-order valence-corrected chi connectivity index (χ4v) is 3.43. The van der Waals surface area contributed by atoms with Crippen LogP contribution in [0.25, 0.3) is 11.3 Å². The zero-order chi connectivity index (χ0) is 20.8. The van der Waals surface area contributed by atoms with Gasteiger partial charge in [-0.15, -0.1) is 11.3 Å². The number of thiazole rings is 1. The number of anilines is 1. The zero-order valence-corrected chi connectivity index (χ0v) is 17.7. The molecular formula is C22H26N4O2S. The lowest BCUT2D eigenvalue weighted by atomic mass is 10.1. The summed E-state index contributed by atoms with van der Waals surface area (Å²) in [6.07, 6.45) is 0. The third kappa shape index (κ3) is 5.56. The molecule has 3 aromatic rings. The van der Waals surface area contributed by atoms with Crippen molar-refractivity contribution in [3.63, 3.8) is 0 Å². The van der Waals surface area contributed by atoms with Gasteiger partial charge in [0.15, 0.2) is 11.1 Å². The van der Waals surface area contributed by atoms with Crippen LogP contribution >= 0.6 is 11.3 Å². The standard InChI is InChI=1S/C22H26N4O2S/c1-14-8-9-19(16(3)10-14)28-20-7-5-4-6-17(20)18-13-29-22(25-18)26-21(23)24-11-15(2)12-27/h4-10,13,15,27H,11-12H2,1-3H3,(H3,23,24,25,26). The van der Waals surface area contributed by atoms with E-state index < -0.39 is 0 Å². The summed E-state index contributed by atoms with van der Waals surface area (Å²) in [6.45, 7) is 6.55. The minimum atomic E-state index is 0.0662. The molecule has 152 valence electrons. The fraction of sp³-hybridized carbons (Fsp3) is 0.273. The lowest BCUT2D eigenvalue weighted by Crippen LogP contribution is -2.23. The summed E-state index contributed by atoms with van der Waals surface area (Å²) in [4.78, 5) is 8.85. The summed E-state index contributed by atoms with van der Waals surface area (Å²) in [5.74, 6) is 1.92. The molecule has 2 aromatic carbocycles. The predicted octanol–water partition coefficient (Wildman–Crippen LogP) is 4.57. The molecule has 0 aliphatic rings. The van der Waals surface area contributed by atoms with E-state index in [1.165, 1.54) is 16.9 Å². The predicted molar refractivity (Wildman–Crippen MR) is 120 cm³/mol. The van der Waals surface area contributed by atoms with E-state index in [9.17, 15) is 0 Å². The second-order valence-electron chi connectivity index (χ2n) is 7.04. The van der Waals surface area contributed by atoms with Crippen LogP contribution in [0.3, 0.4) is 0 Å².